The van der Waals surface area contributed by atoms with Gasteiger partial charge in [-0.15, -0.1) is 0 Å². The zero-order valence-electron chi connectivity index (χ0n) is 31.6. The van der Waals surface area contributed by atoms with Gasteiger partial charge >= 0.3 is 0 Å². The number of carbonyl (C=O) groups excluding carboxylic acids is 2. The van der Waals surface area contributed by atoms with Crippen molar-refractivity contribution in [1.82, 2.24) is 0 Å². The molecule has 0 aromatic carbocycles. The lowest BCUT2D eigenvalue weighted by Gasteiger charge is -2.51. The third kappa shape index (κ3) is 7.87. The first-order chi connectivity index (χ1) is 22.0. The molecule has 9 heteroatoms. The van der Waals surface area contributed by atoms with Crippen molar-refractivity contribution in [1.29, 1.82) is 0 Å². The van der Waals surface area contributed by atoms with Gasteiger partial charge in [0.2, 0.25) is 0 Å². The topological polar surface area (TPSA) is 98.8 Å². The van der Waals surface area contributed by atoms with Crippen molar-refractivity contribution in [2.24, 2.45) is 53.3 Å². The van der Waals surface area contributed by atoms with Crippen LogP contribution in [-0.2, 0) is 42.7 Å². The van der Waals surface area contributed by atoms with E-state index in [9.17, 15) is 9.59 Å². The molecule has 0 bridgehead atoms. The van der Waals surface area contributed by atoms with Gasteiger partial charge in [0.15, 0.2) is 30.4 Å². The quantitative estimate of drug-likeness (QED) is 0.249. The monoisotopic (exact) mass is 666 g/mol. The van der Waals surface area contributed by atoms with E-state index in [2.05, 4.69) is 76.2 Å². The van der Waals surface area contributed by atoms with Crippen molar-refractivity contribution in [3.8, 4) is 0 Å². The molecule has 0 aromatic heterocycles. The van der Waals surface area contributed by atoms with Gasteiger partial charge in [-0.1, -0.05) is 76.2 Å². The van der Waals surface area contributed by atoms with Crippen molar-refractivity contribution in [2.45, 2.75) is 177 Å². The molecule has 4 aliphatic rings. The summed E-state index contributed by atoms with van der Waals surface area (Å²) in [5.74, 6) is 1.34. The van der Waals surface area contributed by atoms with Crippen LogP contribution in [0.4, 0.5) is 0 Å². The Morgan fingerprint density at radius 3 is 1.32 bits per heavy atom. The second-order valence-electron chi connectivity index (χ2n) is 15.8. The third-order valence-electron chi connectivity index (χ3n) is 13.0. The molecular weight excluding hydrogens is 600 g/mol. The van der Waals surface area contributed by atoms with Gasteiger partial charge < -0.3 is 33.2 Å². The van der Waals surface area contributed by atoms with Crippen LogP contribution in [0.1, 0.15) is 110 Å². The summed E-state index contributed by atoms with van der Waals surface area (Å²) in [6.07, 6.45) is -2.48. The van der Waals surface area contributed by atoms with E-state index in [4.69, 9.17) is 33.2 Å². The standard InChI is InChI=1S/C38H66O9/c1-15-29-19(5)17(3)23(9)36(42-29)46-33-22(8)25(11)38(47-35(33)27(13)40)44-31-21(7)24(10)37(43-30(31)16-2)45-32-20(6)18(4)28(14)41-34(32)26(12)39/h17-25,28-38H,15-16H2,1-14H3/t17-,18?,19-,20-,21+,22+,23?,24?,25?,28-,29?,30?,31-,32+,33-,34?,35?,36-,37+,38+/m0/s1. The van der Waals surface area contributed by atoms with E-state index < -0.39 is 43.3 Å². The summed E-state index contributed by atoms with van der Waals surface area (Å²) in [5, 5.41) is 0. The molecule has 47 heavy (non-hydrogen) atoms. The number of carbonyl (C=O) groups is 2. The number of Topliss-reactive ketones (excluding diaryl/α,β-unsaturated/α-hetero) is 2. The smallest absolute Gasteiger partial charge is 0.162 e. The minimum atomic E-state index is -0.759. The lowest BCUT2D eigenvalue weighted by molar-refractivity contribution is -0.350. The largest absolute Gasteiger partial charge is 0.364 e. The van der Waals surface area contributed by atoms with E-state index in [1.807, 2.05) is 6.92 Å². The Kier molecular flexibility index (Phi) is 13.2. The summed E-state index contributed by atoms with van der Waals surface area (Å²) in [7, 11) is 0. The Morgan fingerprint density at radius 2 is 0.830 bits per heavy atom. The number of ketones is 2. The molecule has 4 fully saturated rings. The third-order valence-corrected chi connectivity index (χ3v) is 13.0. The van der Waals surface area contributed by atoms with Crippen molar-refractivity contribution < 1.29 is 42.7 Å². The molecule has 0 aromatic rings. The second kappa shape index (κ2) is 15.9. The summed E-state index contributed by atoms with van der Waals surface area (Å²) in [6, 6.07) is 0. The predicted octanol–water partition coefficient (Wildman–Crippen LogP) is 6.83. The summed E-state index contributed by atoms with van der Waals surface area (Å²) in [6.45, 7) is 28.9. The fourth-order valence-corrected chi connectivity index (χ4v) is 8.33. The van der Waals surface area contributed by atoms with E-state index in [0.29, 0.717) is 18.3 Å². The Morgan fingerprint density at radius 1 is 0.447 bits per heavy atom. The molecule has 4 saturated heterocycles. The highest BCUT2D eigenvalue weighted by atomic mass is 16.7. The van der Waals surface area contributed by atoms with Gasteiger partial charge in [-0.25, -0.2) is 0 Å². The van der Waals surface area contributed by atoms with Crippen molar-refractivity contribution in [3.05, 3.63) is 0 Å². The fraction of sp³-hybridized carbons (Fsp3) is 0.947. The van der Waals surface area contributed by atoms with E-state index in [0.717, 1.165) is 6.42 Å². The molecule has 0 radical (unpaired) electrons. The molecule has 0 spiro atoms. The van der Waals surface area contributed by atoms with Crippen molar-refractivity contribution in [2.75, 3.05) is 0 Å². The predicted molar refractivity (Wildman–Crippen MR) is 179 cm³/mol. The van der Waals surface area contributed by atoms with Gasteiger partial charge in [0.05, 0.1) is 36.6 Å². The molecule has 0 amide bonds. The maximum Gasteiger partial charge on any atom is 0.162 e. The number of hydrogen-bond acceptors (Lipinski definition) is 9. The zero-order chi connectivity index (χ0) is 35.1. The highest BCUT2D eigenvalue weighted by Gasteiger charge is 2.52. The van der Waals surface area contributed by atoms with Crippen LogP contribution in [0, 0.1) is 53.3 Å². The Hall–Kier alpha value is -0.940. The molecule has 0 aliphatic carbocycles. The van der Waals surface area contributed by atoms with Gasteiger partial charge in [-0.05, 0) is 69.1 Å². The normalized spacial score (nSPS) is 51.0. The van der Waals surface area contributed by atoms with Crippen LogP contribution in [0.2, 0.25) is 0 Å². The average Bonchev–Trinajstić information content (AvgIpc) is 3.03. The summed E-state index contributed by atoms with van der Waals surface area (Å²) >= 11 is 0. The van der Waals surface area contributed by atoms with E-state index in [-0.39, 0.29) is 77.4 Å². The van der Waals surface area contributed by atoms with Crippen LogP contribution >= 0.6 is 0 Å². The number of ether oxygens (including phenoxy) is 7. The first-order valence-electron chi connectivity index (χ1n) is 18.6. The number of rotatable bonds is 10. The van der Waals surface area contributed by atoms with Gasteiger partial charge in [-0.3, -0.25) is 9.59 Å². The number of hydrogen-bond donors (Lipinski definition) is 0. The van der Waals surface area contributed by atoms with E-state index in [1.165, 1.54) is 0 Å². The van der Waals surface area contributed by atoms with Gasteiger partial charge in [-0.2, -0.15) is 0 Å². The molecule has 4 aliphatic heterocycles. The molecule has 9 nitrogen and oxygen atoms in total. The van der Waals surface area contributed by atoms with Gasteiger partial charge in [0.1, 0.15) is 12.2 Å². The van der Waals surface area contributed by atoms with Crippen LogP contribution in [-0.4, -0.2) is 79.3 Å². The molecule has 272 valence electrons. The Labute approximate surface area is 284 Å². The highest BCUT2D eigenvalue weighted by Crippen LogP contribution is 2.44. The Bertz CT molecular complexity index is 1050. The molecular formula is C38H66O9. The zero-order valence-corrected chi connectivity index (χ0v) is 31.6. The molecule has 0 saturated carbocycles. The molecule has 4 heterocycles. The summed E-state index contributed by atoms with van der Waals surface area (Å²) in [4.78, 5) is 25.7. The molecule has 4 rings (SSSR count). The minimum absolute atomic E-state index is 0.0118. The highest BCUT2D eigenvalue weighted by molar-refractivity contribution is 5.81. The Balaban J connectivity index is 1.47. The average molecular weight is 667 g/mol. The van der Waals surface area contributed by atoms with Crippen LogP contribution < -0.4 is 0 Å². The first kappa shape index (κ1) is 38.9. The first-order valence-corrected chi connectivity index (χ1v) is 18.6. The van der Waals surface area contributed by atoms with Crippen LogP contribution in [0.3, 0.4) is 0 Å². The maximum absolute atomic E-state index is 13.1. The molecule has 0 N–H and O–H groups in total. The maximum atomic E-state index is 13.1. The fourth-order valence-electron chi connectivity index (χ4n) is 8.33. The van der Waals surface area contributed by atoms with Crippen LogP contribution in [0.5, 0.6) is 0 Å². The lowest BCUT2D eigenvalue weighted by atomic mass is 9.78. The van der Waals surface area contributed by atoms with E-state index >= 15 is 0 Å². The van der Waals surface area contributed by atoms with Gasteiger partial charge in [0, 0.05) is 17.8 Å². The lowest BCUT2D eigenvalue weighted by Crippen LogP contribution is -2.60. The van der Waals surface area contributed by atoms with Gasteiger partial charge in [0.25, 0.3) is 0 Å². The van der Waals surface area contributed by atoms with Crippen molar-refractivity contribution in [3.63, 3.8) is 0 Å². The van der Waals surface area contributed by atoms with E-state index in [1.54, 1.807) is 13.8 Å². The summed E-state index contributed by atoms with van der Waals surface area (Å²) < 4.78 is 46.0. The van der Waals surface area contributed by atoms with Crippen molar-refractivity contribution >= 4 is 11.6 Å². The molecule has 8 unspecified atom stereocenters. The van der Waals surface area contributed by atoms with Crippen LogP contribution in [0.15, 0.2) is 0 Å². The SMILES string of the molecule is CCC1O[C@@H](O[C@@H]2C(C(C)=O)O[C@@H](O[C@@H]3C(CC)O[C@H](O[C@H]4C(C(C)=O)O[C@@H](C)C(C)[C@@H]4C)C(C)[C@H]3C)C(C)[C@H]2C)C(C)[C@@H](C)[C@@H]1C. The van der Waals surface area contributed by atoms with Crippen LogP contribution in [0.25, 0.3) is 0 Å². The second-order valence-corrected chi connectivity index (χ2v) is 15.8. The molecule has 20 atom stereocenters. The minimum Gasteiger partial charge on any atom is -0.364 e. The summed E-state index contributed by atoms with van der Waals surface area (Å²) in [5.41, 5.74) is 0.